The van der Waals surface area contributed by atoms with E-state index in [0.717, 1.165) is 45.3 Å². The van der Waals surface area contributed by atoms with E-state index in [2.05, 4.69) is 29.5 Å². The molecule has 0 aromatic rings. The zero-order valence-corrected chi connectivity index (χ0v) is 13.0. The summed E-state index contributed by atoms with van der Waals surface area (Å²) in [6, 6.07) is 0. The SMILES string of the molecule is CC(C)CCCC(=O)NCCCNCCCN=C(N)N. The van der Waals surface area contributed by atoms with Gasteiger partial charge in [-0.3, -0.25) is 9.79 Å². The molecule has 6 heteroatoms. The van der Waals surface area contributed by atoms with Crippen LogP contribution in [0.15, 0.2) is 4.99 Å². The Kier molecular flexibility index (Phi) is 11.9. The molecule has 0 atom stereocenters. The summed E-state index contributed by atoms with van der Waals surface area (Å²) in [5.41, 5.74) is 10.4. The van der Waals surface area contributed by atoms with Gasteiger partial charge in [0, 0.05) is 19.5 Å². The molecule has 0 bridgehead atoms. The van der Waals surface area contributed by atoms with Gasteiger partial charge >= 0.3 is 0 Å². The van der Waals surface area contributed by atoms with Gasteiger partial charge in [0.1, 0.15) is 0 Å². The van der Waals surface area contributed by atoms with E-state index in [1.807, 2.05) is 0 Å². The molecule has 118 valence electrons. The highest BCUT2D eigenvalue weighted by molar-refractivity contribution is 5.76. The average molecular weight is 285 g/mol. The summed E-state index contributed by atoms with van der Waals surface area (Å²) in [6.07, 6.45) is 4.60. The van der Waals surface area contributed by atoms with Gasteiger partial charge in [0.25, 0.3) is 0 Å². The molecule has 0 saturated carbocycles. The number of amides is 1. The Morgan fingerprint density at radius 3 is 2.45 bits per heavy atom. The van der Waals surface area contributed by atoms with E-state index in [1.165, 1.54) is 0 Å². The third kappa shape index (κ3) is 14.8. The lowest BCUT2D eigenvalue weighted by molar-refractivity contribution is -0.121. The van der Waals surface area contributed by atoms with E-state index in [-0.39, 0.29) is 11.9 Å². The number of rotatable bonds is 12. The summed E-state index contributed by atoms with van der Waals surface area (Å²) >= 11 is 0. The lowest BCUT2D eigenvalue weighted by atomic mass is 10.1. The van der Waals surface area contributed by atoms with E-state index in [0.29, 0.717) is 18.9 Å². The van der Waals surface area contributed by atoms with Gasteiger partial charge in [0.15, 0.2) is 5.96 Å². The second-order valence-electron chi connectivity index (χ2n) is 5.40. The minimum Gasteiger partial charge on any atom is -0.370 e. The van der Waals surface area contributed by atoms with Gasteiger partial charge in [-0.25, -0.2) is 0 Å². The Morgan fingerprint density at radius 1 is 1.10 bits per heavy atom. The number of hydrogen-bond acceptors (Lipinski definition) is 3. The first-order chi connectivity index (χ1) is 9.52. The Labute approximate surface area is 122 Å². The fraction of sp³-hybridized carbons (Fsp3) is 0.857. The predicted octanol–water partition coefficient (Wildman–Crippen LogP) is 0.572. The van der Waals surface area contributed by atoms with Gasteiger partial charge in [0.2, 0.25) is 5.91 Å². The topological polar surface area (TPSA) is 106 Å². The van der Waals surface area contributed by atoms with Crippen LogP contribution in [0.4, 0.5) is 0 Å². The van der Waals surface area contributed by atoms with Gasteiger partial charge in [-0.15, -0.1) is 0 Å². The number of hydrogen-bond donors (Lipinski definition) is 4. The van der Waals surface area contributed by atoms with Crippen LogP contribution < -0.4 is 22.1 Å². The molecule has 0 radical (unpaired) electrons. The van der Waals surface area contributed by atoms with Crippen molar-refractivity contribution in [3.63, 3.8) is 0 Å². The maximum absolute atomic E-state index is 11.5. The summed E-state index contributed by atoms with van der Waals surface area (Å²) in [5, 5.41) is 6.23. The molecule has 6 nitrogen and oxygen atoms in total. The summed E-state index contributed by atoms with van der Waals surface area (Å²) in [6.45, 7) is 7.53. The summed E-state index contributed by atoms with van der Waals surface area (Å²) in [7, 11) is 0. The summed E-state index contributed by atoms with van der Waals surface area (Å²) in [5.74, 6) is 0.981. The van der Waals surface area contributed by atoms with Crippen LogP contribution in [-0.2, 0) is 4.79 Å². The minimum absolute atomic E-state index is 0.144. The second kappa shape index (κ2) is 12.7. The lowest BCUT2D eigenvalue weighted by Crippen LogP contribution is -2.27. The first kappa shape index (κ1) is 18.7. The van der Waals surface area contributed by atoms with Crippen molar-refractivity contribution in [2.75, 3.05) is 26.2 Å². The minimum atomic E-state index is 0.144. The van der Waals surface area contributed by atoms with Crippen molar-refractivity contribution >= 4 is 11.9 Å². The molecule has 0 aromatic heterocycles. The molecule has 0 aromatic carbocycles. The van der Waals surface area contributed by atoms with E-state index in [9.17, 15) is 4.79 Å². The zero-order valence-electron chi connectivity index (χ0n) is 13.0. The molecule has 0 fully saturated rings. The summed E-state index contributed by atoms with van der Waals surface area (Å²) in [4.78, 5) is 15.4. The smallest absolute Gasteiger partial charge is 0.219 e. The van der Waals surface area contributed by atoms with Gasteiger partial charge in [-0.1, -0.05) is 20.3 Å². The van der Waals surface area contributed by atoms with Crippen molar-refractivity contribution in [3.8, 4) is 0 Å². The zero-order chi connectivity index (χ0) is 15.2. The molecular weight excluding hydrogens is 254 g/mol. The maximum Gasteiger partial charge on any atom is 0.219 e. The standard InChI is InChI=1S/C14H31N5O/c1-12(2)6-3-7-13(20)18-10-4-8-17-9-5-11-19-14(15)16/h12,17H,3-11H2,1-2H3,(H,18,20)(H4,15,16,19). The van der Waals surface area contributed by atoms with Gasteiger partial charge in [0.05, 0.1) is 0 Å². The molecule has 0 heterocycles. The third-order valence-electron chi connectivity index (χ3n) is 2.84. The molecule has 6 N–H and O–H groups in total. The van der Waals surface area contributed by atoms with Crippen molar-refractivity contribution < 1.29 is 4.79 Å². The fourth-order valence-electron chi connectivity index (χ4n) is 1.74. The van der Waals surface area contributed by atoms with Crippen LogP contribution in [0.3, 0.4) is 0 Å². The van der Waals surface area contributed by atoms with E-state index >= 15 is 0 Å². The number of carbonyl (C=O) groups excluding carboxylic acids is 1. The van der Waals surface area contributed by atoms with E-state index in [4.69, 9.17) is 11.5 Å². The van der Waals surface area contributed by atoms with E-state index < -0.39 is 0 Å². The van der Waals surface area contributed by atoms with Crippen molar-refractivity contribution in [2.45, 2.75) is 46.0 Å². The van der Waals surface area contributed by atoms with Crippen molar-refractivity contribution in [1.29, 1.82) is 0 Å². The highest BCUT2D eigenvalue weighted by atomic mass is 16.1. The van der Waals surface area contributed by atoms with Crippen LogP contribution in [0.5, 0.6) is 0 Å². The van der Waals surface area contributed by atoms with Crippen molar-refractivity contribution in [2.24, 2.45) is 22.4 Å². The van der Waals surface area contributed by atoms with Crippen molar-refractivity contribution in [3.05, 3.63) is 0 Å². The molecule has 0 rings (SSSR count). The first-order valence-electron chi connectivity index (χ1n) is 7.55. The number of nitrogens with zero attached hydrogens (tertiary/aromatic N) is 1. The molecule has 0 spiro atoms. The number of guanidine groups is 1. The van der Waals surface area contributed by atoms with Crippen LogP contribution in [0.25, 0.3) is 0 Å². The number of aliphatic imine (C=N–C) groups is 1. The number of carbonyl (C=O) groups is 1. The molecule has 0 saturated heterocycles. The normalized spacial score (nSPS) is 10.6. The fourth-order valence-corrected chi connectivity index (χ4v) is 1.74. The van der Waals surface area contributed by atoms with Gasteiger partial charge < -0.3 is 22.1 Å². The number of nitrogens with two attached hydrogens (primary N) is 2. The predicted molar refractivity (Wildman–Crippen MR) is 84.5 cm³/mol. The Hall–Kier alpha value is -1.30. The molecule has 0 aliphatic heterocycles. The molecular formula is C14H31N5O. The maximum atomic E-state index is 11.5. The van der Waals surface area contributed by atoms with Crippen LogP contribution in [0.2, 0.25) is 0 Å². The summed E-state index contributed by atoms with van der Waals surface area (Å²) < 4.78 is 0. The molecule has 20 heavy (non-hydrogen) atoms. The Bertz CT molecular complexity index is 275. The molecule has 0 aliphatic carbocycles. The second-order valence-corrected chi connectivity index (χ2v) is 5.40. The quantitative estimate of drug-likeness (QED) is 0.239. The lowest BCUT2D eigenvalue weighted by Gasteiger charge is -2.07. The first-order valence-corrected chi connectivity index (χ1v) is 7.55. The van der Waals surface area contributed by atoms with Crippen LogP contribution >= 0.6 is 0 Å². The molecule has 0 aliphatic rings. The van der Waals surface area contributed by atoms with Gasteiger partial charge in [-0.05, 0) is 38.3 Å². The average Bonchev–Trinajstić information content (AvgIpc) is 2.36. The van der Waals surface area contributed by atoms with Crippen molar-refractivity contribution in [1.82, 2.24) is 10.6 Å². The molecule has 0 unspecified atom stereocenters. The largest absolute Gasteiger partial charge is 0.370 e. The highest BCUT2D eigenvalue weighted by Crippen LogP contribution is 2.05. The number of nitrogens with one attached hydrogen (secondary N) is 2. The van der Waals surface area contributed by atoms with Gasteiger partial charge in [-0.2, -0.15) is 0 Å². The van der Waals surface area contributed by atoms with Crippen LogP contribution in [-0.4, -0.2) is 38.0 Å². The third-order valence-corrected chi connectivity index (χ3v) is 2.84. The monoisotopic (exact) mass is 285 g/mol. The highest BCUT2D eigenvalue weighted by Gasteiger charge is 2.01. The van der Waals surface area contributed by atoms with Crippen LogP contribution in [0, 0.1) is 5.92 Å². The Morgan fingerprint density at radius 2 is 1.80 bits per heavy atom. The van der Waals surface area contributed by atoms with E-state index in [1.54, 1.807) is 0 Å². The molecule has 1 amide bonds. The Balaban J connectivity index is 3.23. The van der Waals surface area contributed by atoms with Crippen LogP contribution in [0.1, 0.15) is 46.0 Å².